The Labute approximate surface area is 150 Å². The molecule has 0 fully saturated rings. The lowest BCUT2D eigenvalue weighted by Crippen LogP contribution is -2.28. The van der Waals surface area contributed by atoms with E-state index in [0.29, 0.717) is 16.7 Å². The zero-order valence-electron chi connectivity index (χ0n) is 13.3. The normalized spacial score (nSPS) is 10.9. The van der Waals surface area contributed by atoms with Gasteiger partial charge in [-0.1, -0.05) is 0 Å². The quantitative estimate of drug-likeness (QED) is 0.318. The molecule has 0 amide bonds. The van der Waals surface area contributed by atoms with E-state index in [-0.39, 0.29) is 0 Å². The van der Waals surface area contributed by atoms with E-state index in [1.54, 1.807) is 0 Å². The molecule has 0 aliphatic rings. The standard InChI is InChI=1S/C17H6F6N2O3/c18-7-2-1-6(5-8(7)25-4-3-9(26)24-17(25)28)16(27)10-11(19)13(21)15(23)14(22)12(10)20/h1-5H,(H,24,26,28). The summed E-state index contributed by atoms with van der Waals surface area (Å²) in [6.45, 7) is 0. The van der Waals surface area contributed by atoms with Crippen LogP contribution in [0, 0.1) is 34.9 Å². The van der Waals surface area contributed by atoms with Gasteiger partial charge in [0.15, 0.2) is 29.1 Å². The van der Waals surface area contributed by atoms with Gasteiger partial charge in [0.2, 0.25) is 5.82 Å². The second-order valence-corrected chi connectivity index (χ2v) is 5.42. The van der Waals surface area contributed by atoms with Crippen LogP contribution in [0.3, 0.4) is 0 Å². The van der Waals surface area contributed by atoms with E-state index in [0.717, 1.165) is 18.3 Å². The molecule has 11 heteroatoms. The number of ketones is 1. The van der Waals surface area contributed by atoms with E-state index in [1.165, 1.54) is 0 Å². The molecule has 0 spiro atoms. The molecule has 0 saturated carbocycles. The van der Waals surface area contributed by atoms with Crippen molar-refractivity contribution in [2.75, 3.05) is 0 Å². The Morgan fingerprint density at radius 3 is 1.96 bits per heavy atom. The van der Waals surface area contributed by atoms with Crippen molar-refractivity contribution in [1.82, 2.24) is 9.55 Å². The van der Waals surface area contributed by atoms with Gasteiger partial charge in [0.05, 0.1) is 5.69 Å². The van der Waals surface area contributed by atoms with Crippen molar-refractivity contribution in [2.24, 2.45) is 0 Å². The lowest BCUT2D eigenvalue weighted by atomic mass is 10.0. The summed E-state index contributed by atoms with van der Waals surface area (Å²) in [5, 5.41) is 0. The fourth-order valence-corrected chi connectivity index (χ4v) is 2.39. The van der Waals surface area contributed by atoms with E-state index in [1.807, 2.05) is 4.98 Å². The predicted molar refractivity (Wildman–Crippen MR) is 82.3 cm³/mol. The molecule has 1 N–H and O–H groups in total. The molecule has 0 aliphatic carbocycles. The molecular formula is C17H6F6N2O3. The number of hydrogen-bond acceptors (Lipinski definition) is 3. The third-order valence-electron chi connectivity index (χ3n) is 3.73. The Balaban J connectivity index is 2.21. The minimum atomic E-state index is -2.44. The first-order valence-electron chi connectivity index (χ1n) is 7.31. The first-order chi connectivity index (χ1) is 13.1. The summed E-state index contributed by atoms with van der Waals surface area (Å²) >= 11 is 0. The zero-order chi connectivity index (χ0) is 20.7. The van der Waals surface area contributed by atoms with Gasteiger partial charge in [0.1, 0.15) is 11.4 Å². The molecule has 0 bridgehead atoms. The first kappa shape index (κ1) is 19.1. The number of carbonyl (C=O) groups excluding carboxylic acids is 1. The number of nitrogens with zero attached hydrogens (tertiary/aromatic N) is 1. The maximum atomic E-state index is 14.1. The number of aromatic amines is 1. The highest BCUT2D eigenvalue weighted by Crippen LogP contribution is 2.26. The van der Waals surface area contributed by atoms with Crippen molar-refractivity contribution in [1.29, 1.82) is 0 Å². The molecule has 0 aliphatic heterocycles. The maximum Gasteiger partial charge on any atom is 0.333 e. The van der Waals surface area contributed by atoms with E-state index in [9.17, 15) is 40.7 Å². The van der Waals surface area contributed by atoms with E-state index >= 15 is 0 Å². The Morgan fingerprint density at radius 1 is 0.821 bits per heavy atom. The molecule has 0 radical (unpaired) electrons. The van der Waals surface area contributed by atoms with Crippen molar-refractivity contribution in [3.8, 4) is 5.69 Å². The van der Waals surface area contributed by atoms with Gasteiger partial charge in [-0.15, -0.1) is 0 Å². The van der Waals surface area contributed by atoms with Crippen molar-refractivity contribution >= 4 is 5.78 Å². The number of H-pyrrole nitrogens is 1. The molecular weight excluding hydrogens is 394 g/mol. The van der Waals surface area contributed by atoms with E-state index in [2.05, 4.69) is 0 Å². The lowest BCUT2D eigenvalue weighted by molar-refractivity contribution is 0.102. The molecule has 1 aromatic heterocycles. The van der Waals surface area contributed by atoms with Crippen LogP contribution in [0.1, 0.15) is 15.9 Å². The molecule has 28 heavy (non-hydrogen) atoms. The second-order valence-electron chi connectivity index (χ2n) is 5.42. The Bertz CT molecular complexity index is 1220. The Hall–Kier alpha value is -3.63. The fourth-order valence-electron chi connectivity index (χ4n) is 2.39. The third-order valence-corrected chi connectivity index (χ3v) is 3.73. The number of rotatable bonds is 3. The van der Waals surface area contributed by atoms with Crippen LogP contribution in [0.2, 0.25) is 0 Å². The summed E-state index contributed by atoms with van der Waals surface area (Å²) in [4.78, 5) is 37.0. The number of nitrogens with one attached hydrogen (secondary N) is 1. The average Bonchev–Trinajstić information content (AvgIpc) is 2.65. The van der Waals surface area contributed by atoms with Crippen LogP contribution in [-0.4, -0.2) is 15.3 Å². The van der Waals surface area contributed by atoms with E-state index in [4.69, 9.17) is 0 Å². The minimum absolute atomic E-state index is 0.575. The molecule has 0 unspecified atom stereocenters. The number of carbonyl (C=O) groups is 1. The van der Waals surface area contributed by atoms with Crippen molar-refractivity contribution in [2.45, 2.75) is 0 Å². The van der Waals surface area contributed by atoms with Crippen LogP contribution < -0.4 is 11.2 Å². The van der Waals surface area contributed by atoms with Crippen LogP contribution in [0.15, 0.2) is 40.1 Å². The molecule has 1 heterocycles. The highest BCUT2D eigenvalue weighted by atomic mass is 19.2. The Morgan fingerprint density at radius 2 is 1.39 bits per heavy atom. The van der Waals surface area contributed by atoms with Crippen LogP contribution >= 0.6 is 0 Å². The highest BCUT2D eigenvalue weighted by molar-refractivity contribution is 6.09. The smallest absolute Gasteiger partial charge is 0.288 e. The van der Waals surface area contributed by atoms with Gasteiger partial charge in [-0.05, 0) is 18.2 Å². The van der Waals surface area contributed by atoms with Gasteiger partial charge >= 0.3 is 5.69 Å². The van der Waals surface area contributed by atoms with Crippen LogP contribution in [0.25, 0.3) is 5.69 Å². The molecule has 3 aromatic rings. The molecule has 3 rings (SSSR count). The van der Waals surface area contributed by atoms with Gasteiger partial charge in [0.25, 0.3) is 5.56 Å². The van der Waals surface area contributed by atoms with Crippen molar-refractivity contribution in [3.05, 3.63) is 97.3 Å². The third kappa shape index (κ3) is 3.00. The summed E-state index contributed by atoms with van der Waals surface area (Å²) in [5.74, 6) is -14.5. The molecule has 2 aromatic carbocycles. The van der Waals surface area contributed by atoms with Gasteiger partial charge in [-0.25, -0.2) is 31.1 Å². The maximum absolute atomic E-state index is 14.1. The molecule has 0 saturated heterocycles. The van der Waals surface area contributed by atoms with Gasteiger partial charge < -0.3 is 0 Å². The molecule has 5 nitrogen and oxygen atoms in total. The van der Waals surface area contributed by atoms with Gasteiger partial charge in [-0.2, -0.15) is 0 Å². The van der Waals surface area contributed by atoms with Gasteiger partial charge in [-0.3, -0.25) is 19.1 Å². The SMILES string of the molecule is O=C(c1ccc(F)c(-n2ccc(=O)[nH]c2=O)c1)c1c(F)c(F)c(F)c(F)c1F. The van der Waals surface area contributed by atoms with Crippen molar-refractivity contribution < 1.29 is 31.1 Å². The number of hydrogen-bond donors (Lipinski definition) is 1. The number of benzene rings is 2. The van der Waals surface area contributed by atoms with Gasteiger partial charge in [0, 0.05) is 17.8 Å². The molecule has 0 atom stereocenters. The topological polar surface area (TPSA) is 71.9 Å². The predicted octanol–water partition coefficient (Wildman–Crippen LogP) is 2.59. The monoisotopic (exact) mass is 400 g/mol. The first-order valence-corrected chi connectivity index (χ1v) is 7.31. The lowest BCUT2D eigenvalue weighted by Gasteiger charge is -2.10. The summed E-state index contributed by atoms with van der Waals surface area (Å²) in [7, 11) is 0. The summed E-state index contributed by atoms with van der Waals surface area (Å²) in [6, 6.07) is 2.90. The summed E-state index contributed by atoms with van der Waals surface area (Å²) in [5.41, 5.74) is -4.89. The van der Waals surface area contributed by atoms with Crippen LogP contribution in [0.5, 0.6) is 0 Å². The number of halogens is 6. The van der Waals surface area contributed by atoms with E-state index < -0.39 is 68.7 Å². The van der Waals surface area contributed by atoms with Crippen LogP contribution in [0.4, 0.5) is 26.3 Å². The largest absolute Gasteiger partial charge is 0.333 e. The summed E-state index contributed by atoms with van der Waals surface area (Å²) < 4.78 is 82.1. The average molecular weight is 400 g/mol. The fraction of sp³-hybridized carbons (Fsp3) is 0. The second kappa shape index (κ2) is 6.83. The molecule has 144 valence electrons. The van der Waals surface area contributed by atoms with Crippen molar-refractivity contribution in [3.63, 3.8) is 0 Å². The number of aromatic nitrogens is 2. The zero-order valence-corrected chi connectivity index (χ0v) is 13.3. The minimum Gasteiger partial charge on any atom is -0.288 e. The Kier molecular flexibility index (Phi) is 4.67. The van der Waals surface area contributed by atoms with Crippen LogP contribution in [-0.2, 0) is 0 Å². The highest BCUT2D eigenvalue weighted by Gasteiger charge is 2.30. The summed E-state index contributed by atoms with van der Waals surface area (Å²) in [6.07, 6.45) is 0.867.